The van der Waals surface area contributed by atoms with E-state index in [1.807, 2.05) is 24.3 Å². The number of methoxy groups -OCH3 is 1. The highest BCUT2D eigenvalue weighted by Crippen LogP contribution is 2.08. The number of rotatable bonds is 3. The lowest BCUT2D eigenvalue weighted by atomic mass is 10.2. The van der Waals surface area contributed by atoms with Crippen molar-refractivity contribution in [2.45, 2.75) is 6.92 Å². The van der Waals surface area contributed by atoms with Crippen molar-refractivity contribution in [2.24, 2.45) is 0 Å². The molecule has 0 bridgehead atoms. The third-order valence-corrected chi connectivity index (χ3v) is 1.71. The molecule has 0 heterocycles. The van der Waals surface area contributed by atoms with Gasteiger partial charge in [0.05, 0.1) is 0 Å². The van der Waals surface area contributed by atoms with E-state index in [9.17, 15) is 4.79 Å². The van der Waals surface area contributed by atoms with Gasteiger partial charge in [-0.2, -0.15) is 0 Å². The zero-order valence-corrected chi connectivity index (χ0v) is 8.83. The van der Waals surface area contributed by atoms with E-state index in [2.05, 4.69) is 17.2 Å². The third-order valence-electron chi connectivity index (χ3n) is 1.71. The fourth-order valence-corrected chi connectivity index (χ4v) is 1.11. The molecule has 1 rings (SSSR count). The molecule has 15 heavy (non-hydrogen) atoms. The van der Waals surface area contributed by atoms with Crippen molar-refractivity contribution in [2.75, 3.05) is 19.0 Å². The second-order valence-electron chi connectivity index (χ2n) is 2.93. The molecule has 0 fully saturated rings. The van der Waals surface area contributed by atoms with Gasteiger partial charge in [-0.15, -0.1) is 5.92 Å². The van der Waals surface area contributed by atoms with Gasteiger partial charge in [0, 0.05) is 18.4 Å². The minimum absolute atomic E-state index is 0.0660. The molecular weight excluding hydrogens is 190 g/mol. The molecule has 0 aliphatic rings. The van der Waals surface area contributed by atoms with Crippen LogP contribution in [0.3, 0.4) is 0 Å². The van der Waals surface area contributed by atoms with Crippen LogP contribution in [-0.4, -0.2) is 19.6 Å². The summed E-state index contributed by atoms with van der Waals surface area (Å²) >= 11 is 0. The van der Waals surface area contributed by atoms with E-state index in [1.165, 1.54) is 7.11 Å². The molecule has 0 radical (unpaired) electrons. The highest BCUT2D eigenvalue weighted by atomic mass is 16.5. The van der Waals surface area contributed by atoms with Gasteiger partial charge in [0.2, 0.25) is 5.91 Å². The van der Waals surface area contributed by atoms with Gasteiger partial charge in [-0.3, -0.25) is 4.79 Å². The normalized spacial score (nSPS) is 8.93. The summed E-state index contributed by atoms with van der Waals surface area (Å²) in [6.07, 6.45) is 0. The molecule has 0 aliphatic heterocycles. The van der Waals surface area contributed by atoms with Crippen molar-refractivity contribution in [3.8, 4) is 11.8 Å². The van der Waals surface area contributed by atoms with E-state index in [0.29, 0.717) is 0 Å². The first kappa shape index (κ1) is 11.3. The second-order valence-corrected chi connectivity index (χ2v) is 2.93. The van der Waals surface area contributed by atoms with Crippen LogP contribution in [0.1, 0.15) is 12.5 Å². The van der Waals surface area contributed by atoms with Gasteiger partial charge in [0.15, 0.2) is 0 Å². The zero-order chi connectivity index (χ0) is 11.1. The Hall–Kier alpha value is -1.79. The van der Waals surface area contributed by atoms with Gasteiger partial charge in [-0.05, 0) is 31.2 Å². The maximum Gasteiger partial charge on any atom is 0.250 e. The number of carbonyl (C=O) groups is 1. The lowest BCUT2D eigenvalue weighted by Gasteiger charge is -2.03. The molecule has 0 atom stereocenters. The Kier molecular flexibility index (Phi) is 4.39. The third kappa shape index (κ3) is 3.84. The summed E-state index contributed by atoms with van der Waals surface area (Å²) in [7, 11) is 1.49. The van der Waals surface area contributed by atoms with Crippen molar-refractivity contribution >= 4 is 11.6 Å². The van der Waals surface area contributed by atoms with Crippen molar-refractivity contribution in [1.82, 2.24) is 0 Å². The highest BCUT2D eigenvalue weighted by Gasteiger charge is 2.00. The Morgan fingerprint density at radius 2 is 2.07 bits per heavy atom. The minimum Gasteiger partial charge on any atom is -0.375 e. The Balaban J connectivity index is 2.63. The van der Waals surface area contributed by atoms with Crippen LogP contribution in [0.15, 0.2) is 24.3 Å². The van der Waals surface area contributed by atoms with Crippen LogP contribution in [0, 0.1) is 11.8 Å². The molecule has 0 spiro atoms. The number of nitrogens with one attached hydrogen (secondary N) is 1. The van der Waals surface area contributed by atoms with E-state index in [0.717, 1.165) is 11.3 Å². The van der Waals surface area contributed by atoms with E-state index < -0.39 is 0 Å². The number of ether oxygens (including phenoxy) is 1. The van der Waals surface area contributed by atoms with E-state index in [-0.39, 0.29) is 12.5 Å². The average Bonchev–Trinajstić information content (AvgIpc) is 2.22. The Morgan fingerprint density at radius 3 is 2.60 bits per heavy atom. The lowest BCUT2D eigenvalue weighted by Crippen LogP contribution is -2.16. The number of benzene rings is 1. The molecule has 3 nitrogen and oxygen atoms in total. The quantitative estimate of drug-likeness (QED) is 0.758. The lowest BCUT2D eigenvalue weighted by molar-refractivity contribution is -0.119. The van der Waals surface area contributed by atoms with Crippen molar-refractivity contribution in [3.05, 3.63) is 29.8 Å². The number of hydrogen-bond acceptors (Lipinski definition) is 2. The smallest absolute Gasteiger partial charge is 0.250 e. The first-order valence-electron chi connectivity index (χ1n) is 4.58. The van der Waals surface area contributed by atoms with Crippen molar-refractivity contribution in [3.63, 3.8) is 0 Å². The number of anilines is 1. The summed E-state index contributed by atoms with van der Waals surface area (Å²) in [5.74, 6) is 5.57. The van der Waals surface area contributed by atoms with Crippen molar-refractivity contribution in [1.29, 1.82) is 0 Å². The summed E-state index contributed by atoms with van der Waals surface area (Å²) in [5.41, 5.74) is 1.68. The van der Waals surface area contributed by atoms with Crippen LogP contribution in [0.5, 0.6) is 0 Å². The Labute approximate surface area is 89.4 Å². The SMILES string of the molecule is CC#Cc1ccc(NC(=O)COC)cc1. The first-order chi connectivity index (χ1) is 7.26. The van der Waals surface area contributed by atoms with Crippen LogP contribution in [-0.2, 0) is 9.53 Å². The zero-order valence-electron chi connectivity index (χ0n) is 8.83. The van der Waals surface area contributed by atoms with Crippen LogP contribution >= 0.6 is 0 Å². The Bertz CT molecular complexity index is 384. The van der Waals surface area contributed by atoms with Gasteiger partial charge in [-0.25, -0.2) is 0 Å². The van der Waals surface area contributed by atoms with Gasteiger partial charge in [0.25, 0.3) is 0 Å². The molecule has 0 aliphatic carbocycles. The summed E-state index contributed by atoms with van der Waals surface area (Å²) in [6.45, 7) is 1.85. The second kappa shape index (κ2) is 5.84. The van der Waals surface area contributed by atoms with Gasteiger partial charge in [0.1, 0.15) is 6.61 Å². The molecule has 0 saturated heterocycles. The summed E-state index contributed by atoms with van der Waals surface area (Å²) in [5, 5.41) is 2.70. The summed E-state index contributed by atoms with van der Waals surface area (Å²) in [6, 6.07) is 7.35. The van der Waals surface area contributed by atoms with Crippen molar-refractivity contribution < 1.29 is 9.53 Å². The first-order valence-corrected chi connectivity index (χ1v) is 4.58. The van der Waals surface area contributed by atoms with Gasteiger partial charge < -0.3 is 10.1 Å². The van der Waals surface area contributed by atoms with E-state index in [1.54, 1.807) is 6.92 Å². The largest absolute Gasteiger partial charge is 0.375 e. The number of carbonyl (C=O) groups excluding carboxylic acids is 1. The molecule has 1 aromatic rings. The molecule has 1 amide bonds. The molecule has 1 N–H and O–H groups in total. The van der Waals surface area contributed by atoms with Crippen LogP contribution in [0.2, 0.25) is 0 Å². The molecular formula is C12H13NO2. The molecule has 78 valence electrons. The summed E-state index contributed by atoms with van der Waals surface area (Å²) in [4.78, 5) is 11.2. The predicted octanol–water partition coefficient (Wildman–Crippen LogP) is 1.64. The van der Waals surface area contributed by atoms with Crippen LogP contribution < -0.4 is 5.32 Å². The van der Waals surface area contributed by atoms with Crippen LogP contribution in [0.25, 0.3) is 0 Å². The molecule has 1 aromatic carbocycles. The summed E-state index contributed by atoms with van der Waals surface area (Å²) < 4.78 is 4.70. The molecule has 3 heteroatoms. The maximum atomic E-state index is 11.2. The number of amides is 1. The van der Waals surface area contributed by atoms with Gasteiger partial charge in [-0.1, -0.05) is 5.92 Å². The van der Waals surface area contributed by atoms with Gasteiger partial charge >= 0.3 is 0 Å². The number of hydrogen-bond donors (Lipinski definition) is 1. The van der Waals surface area contributed by atoms with E-state index in [4.69, 9.17) is 4.74 Å². The fourth-order valence-electron chi connectivity index (χ4n) is 1.11. The predicted molar refractivity (Wildman–Crippen MR) is 59.5 cm³/mol. The minimum atomic E-state index is -0.160. The van der Waals surface area contributed by atoms with Crippen LogP contribution in [0.4, 0.5) is 5.69 Å². The standard InChI is InChI=1S/C12H13NO2/c1-3-4-10-5-7-11(8-6-10)13-12(14)9-15-2/h5-8H,9H2,1-2H3,(H,13,14). The topological polar surface area (TPSA) is 38.3 Å². The molecule has 0 saturated carbocycles. The Morgan fingerprint density at radius 1 is 1.40 bits per heavy atom. The maximum absolute atomic E-state index is 11.2. The molecule has 0 aromatic heterocycles. The average molecular weight is 203 g/mol. The fraction of sp³-hybridized carbons (Fsp3) is 0.250. The van der Waals surface area contributed by atoms with E-state index >= 15 is 0 Å². The highest BCUT2D eigenvalue weighted by molar-refractivity contribution is 5.91. The molecule has 0 unspecified atom stereocenters. The monoisotopic (exact) mass is 203 g/mol.